The second-order valence-corrected chi connectivity index (χ2v) is 9.52. The number of aromatic nitrogens is 3. The number of aryl methyl sites for hydroxylation is 1. The van der Waals surface area contributed by atoms with Crippen LogP contribution < -0.4 is 4.90 Å². The van der Waals surface area contributed by atoms with Gasteiger partial charge in [0.2, 0.25) is 0 Å². The van der Waals surface area contributed by atoms with Crippen LogP contribution in [0, 0.1) is 6.92 Å². The van der Waals surface area contributed by atoms with Gasteiger partial charge in [0.1, 0.15) is 18.4 Å². The molecule has 168 valence electrons. The van der Waals surface area contributed by atoms with Crippen LogP contribution in [0.3, 0.4) is 0 Å². The van der Waals surface area contributed by atoms with Gasteiger partial charge in [0, 0.05) is 25.3 Å². The van der Waals surface area contributed by atoms with Crippen molar-refractivity contribution in [1.29, 1.82) is 0 Å². The fourth-order valence-corrected chi connectivity index (χ4v) is 5.33. The number of piperidine rings is 1. The molecule has 1 aliphatic rings. The topological polar surface area (TPSA) is 126 Å². The lowest BCUT2D eigenvalue weighted by atomic mass is 10.0. The molecule has 4 rings (SSSR count). The predicted molar refractivity (Wildman–Crippen MR) is 117 cm³/mol. The number of carbonyl (C=O) groups is 2. The van der Waals surface area contributed by atoms with E-state index >= 15 is 0 Å². The number of carboxylic acid groups (broad SMARTS) is 1. The second kappa shape index (κ2) is 8.58. The van der Waals surface area contributed by atoms with Gasteiger partial charge in [-0.3, -0.25) is 0 Å². The van der Waals surface area contributed by atoms with Crippen molar-refractivity contribution in [3.05, 3.63) is 48.4 Å². The van der Waals surface area contributed by atoms with Crippen LogP contribution in [0.2, 0.25) is 0 Å². The summed E-state index contributed by atoms with van der Waals surface area (Å²) in [6.45, 7) is 2.54. The monoisotopic (exact) mass is 457 g/mol. The average molecular weight is 458 g/mol. The molecule has 11 heteroatoms. The molecule has 1 aliphatic heterocycles. The molecule has 0 bridgehead atoms. The minimum Gasteiger partial charge on any atom is -0.465 e. The lowest BCUT2D eigenvalue weighted by molar-refractivity contribution is -0.106. The highest BCUT2D eigenvalue weighted by atomic mass is 32.2. The Hall–Kier alpha value is -3.47. The van der Waals surface area contributed by atoms with Crippen LogP contribution >= 0.6 is 0 Å². The zero-order valence-electron chi connectivity index (χ0n) is 17.5. The first-order valence-corrected chi connectivity index (χ1v) is 11.6. The largest absolute Gasteiger partial charge is 0.465 e. The number of benzene rings is 1. The van der Waals surface area contributed by atoms with E-state index in [1.54, 1.807) is 35.2 Å². The molecule has 10 nitrogen and oxygen atoms in total. The van der Waals surface area contributed by atoms with Crippen molar-refractivity contribution in [3.8, 4) is 0 Å². The summed E-state index contributed by atoms with van der Waals surface area (Å²) in [4.78, 5) is 34.6. The van der Waals surface area contributed by atoms with Crippen LogP contribution in [-0.2, 0) is 14.8 Å². The van der Waals surface area contributed by atoms with Crippen LogP contribution in [-0.4, -0.2) is 70.4 Å². The van der Waals surface area contributed by atoms with Crippen LogP contribution in [0.25, 0.3) is 11.0 Å². The Morgan fingerprint density at radius 2 is 2.00 bits per heavy atom. The minimum atomic E-state index is -3.89. The standard InChI is InChI=1S/C21H23N5O5S/c1-15-4-6-17(7-5-15)32(30,31)26-10-8-18-19(22-14-23-20(18)26)25(11-12-27)16-3-2-9-24(13-16)21(28)29/h4-8,10,12,14,16H,2-3,9,11,13H2,1H3,(H,28,29). The smallest absolute Gasteiger partial charge is 0.407 e. The zero-order valence-corrected chi connectivity index (χ0v) is 18.3. The molecule has 0 saturated carbocycles. The lowest BCUT2D eigenvalue weighted by Crippen LogP contribution is -2.50. The number of nitrogens with zero attached hydrogens (tertiary/aromatic N) is 5. The lowest BCUT2D eigenvalue weighted by Gasteiger charge is -2.38. The van der Waals surface area contributed by atoms with Gasteiger partial charge in [-0.25, -0.2) is 27.2 Å². The Balaban J connectivity index is 1.77. The third-order valence-corrected chi connectivity index (χ3v) is 7.34. The SMILES string of the molecule is Cc1ccc(S(=O)(=O)n2ccc3c(N(CC=O)C4CCCN(C(=O)O)C4)ncnc32)cc1. The summed E-state index contributed by atoms with van der Waals surface area (Å²) in [7, 11) is -3.89. The van der Waals surface area contributed by atoms with Gasteiger partial charge in [-0.2, -0.15) is 0 Å². The van der Waals surface area contributed by atoms with Crippen molar-refractivity contribution in [2.45, 2.75) is 30.7 Å². The third-order valence-electron chi connectivity index (χ3n) is 5.66. The van der Waals surface area contributed by atoms with Crippen molar-refractivity contribution in [3.63, 3.8) is 0 Å². The Morgan fingerprint density at radius 1 is 1.25 bits per heavy atom. The van der Waals surface area contributed by atoms with Crippen molar-refractivity contribution in [2.75, 3.05) is 24.5 Å². The number of fused-ring (bicyclic) bond motifs is 1. The predicted octanol–water partition coefficient (Wildman–Crippen LogP) is 2.12. The number of aldehydes is 1. The molecule has 1 aromatic carbocycles. The molecule has 1 unspecified atom stereocenters. The van der Waals surface area contributed by atoms with E-state index in [1.807, 2.05) is 6.92 Å². The summed E-state index contributed by atoms with van der Waals surface area (Å²) < 4.78 is 27.5. The van der Waals surface area contributed by atoms with Crippen molar-refractivity contribution in [1.82, 2.24) is 18.8 Å². The Labute approximate surface area is 185 Å². The van der Waals surface area contributed by atoms with Gasteiger partial charge < -0.3 is 19.7 Å². The third kappa shape index (κ3) is 3.91. The highest BCUT2D eigenvalue weighted by Gasteiger charge is 2.30. The van der Waals surface area contributed by atoms with Gasteiger partial charge in [-0.1, -0.05) is 17.7 Å². The molecule has 0 radical (unpaired) electrons. The fourth-order valence-electron chi connectivity index (χ4n) is 4.03. The number of carbonyl (C=O) groups excluding carboxylic acids is 1. The average Bonchev–Trinajstić information content (AvgIpc) is 3.23. The maximum atomic E-state index is 13.2. The second-order valence-electron chi connectivity index (χ2n) is 7.71. The molecule has 0 aliphatic carbocycles. The van der Waals surface area contributed by atoms with Gasteiger partial charge >= 0.3 is 6.09 Å². The Bertz CT molecular complexity index is 1260. The van der Waals surface area contributed by atoms with Crippen molar-refractivity contribution in [2.24, 2.45) is 0 Å². The quantitative estimate of drug-likeness (QED) is 0.558. The van der Waals surface area contributed by atoms with Gasteiger partial charge in [0.05, 0.1) is 16.8 Å². The summed E-state index contributed by atoms with van der Waals surface area (Å²) in [6.07, 6.45) is 3.74. The van der Waals surface area contributed by atoms with E-state index < -0.39 is 16.1 Å². The molecule has 3 heterocycles. The number of amides is 1. The molecular formula is C21H23N5O5S. The minimum absolute atomic E-state index is 0.000130. The Morgan fingerprint density at radius 3 is 2.69 bits per heavy atom. The van der Waals surface area contributed by atoms with Crippen LogP contribution in [0.5, 0.6) is 0 Å². The number of hydrogen-bond acceptors (Lipinski definition) is 7. The first kappa shape index (κ1) is 21.8. The van der Waals surface area contributed by atoms with E-state index in [-0.39, 0.29) is 29.7 Å². The van der Waals surface area contributed by atoms with Gasteiger partial charge in [0.15, 0.2) is 5.65 Å². The first-order valence-electron chi connectivity index (χ1n) is 10.2. The van der Waals surface area contributed by atoms with Gasteiger partial charge in [0.25, 0.3) is 10.0 Å². The number of likely N-dealkylation sites (tertiary alicyclic amines) is 1. The van der Waals surface area contributed by atoms with Crippen LogP contribution in [0.1, 0.15) is 18.4 Å². The number of rotatable bonds is 6. The van der Waals surface area contributed by atoms with Gasteiger partial charge in [-0.05, 0) is 38.0 Å². The molecule has 3 aromatic rings. The maximum absolute atomic E-state index is 13.2. The molecule has 1 fully saturated rings. The van der Waals surface area contributed by atoms with E-state index in [0.717, 1.165) is 15.8 Å². The van der Waals surface area contributed by atoms with E-state index in [4.69, 9.17) is 0 Å². The Kier molecular flexibility index (Phi) is 5.83. The van der Waals surface area contributed by atoms with Crippen molar-refractivity contribution < 1.29 is 23.1 Å². The zero-order chi connectivity index (χ0) is 22.9. The molecular weight excluding hydrogens is 434 g/mol. The highest BCUT2D eigenvalue weighted by molar-refractivity contribution is 7.90. The molecule has 1 saturated heterocycles. The van der Waals surface area contributed by atoms with E-state index in [1.165, 1.54) is 17.4 Å². The fraction of sp³-hybridized carbons (Fsp3) is 0.333. The van der Waals surface area contributed by atoms with E-state index in [9.17, 15) is 23.1 Å². The molecule has 1 N–H and O–H groups in total. The summed E-state index contributed by atoms with van der Waals surface area (Å²) in [6, 6.07) is 7.87. The summed E-state index contributed by atoms with van der Waals surface area (Å²) in [5, 5.41) is 9.84. The van der Waals surface area contributed by atoms with Crippen molar-refractivity contribution >= 4 is 39.3 Å². The molecule has 2 aromatic heterocycles. The molecule has 1 atom stereocenters. The normalized spacial score (nSPS) is 16.8. The number of hydrogen-bond donors (Lipinski definition) is 1. The van der Waals surface area contributed by atoms with Crippen LogP contribution in [0.4, 0.5) is 10.6 Å². The van der Waals surface area contributed by atoms with Crippen LogP contribution in [0.15, 0.2) is 47.8 Å². The molecule has 32 heavy (non-hydrogen) atoms. The number of anilines is 1. The first-order chi connectivity index (χ1) is 15.3. The molecule has 1 amide bonds. The molecule has 0 spiro atoms. The summed E-state index contributed by atoms with van der Waals surface area (Å²) in [5.74, 6) is 0.400. The van der Waals surface area contributed by atoms with E-state index in [0.29, 0.717) is 30.6 Å². The summed E-state index contributed by atoms with van der Waals surface area (Å²) >= 11 is 0. The summed E-state index contributed by atoms with van der Waals surface area (Å²) in [5.41, 5.74) is 1.13. The maximum Gasteiger partial charge on any atom is 0.407 e. The highest BCUT2D eigenvalue weighted by Crippen LogP contribution is 2.30. The van der Waals surface area contributed by atoms with Gasteiger partial charge in [-0.15, -0.1) is 0 Å². The van der Waals surface area contributed by atoms with E-state index in [2.05, 4.69) is 9.97 Å².